The summed E-state index contributed by atoms with van der Waals surface area (Å²) >= 11 is 0. The van der Waals surface area contributed by atoms with Gasteiger partial charge >= 0.3 is 6.16 Å². The Balaban J connectivity index is 2.71. The lowest BCUT2D eigenvalue weighted by Crippen LogP contribution is -2.18. The number of hydrogen-bond donors (Lipinski definition) is 0. The van der Waals surface area contributed by atoms with E-state index < -0.39 is 6.16 Å². The van der Waals surface area contributed by atoms with E-state index in [0.717, 1.165) is 12.0 Å². The van der Waals surface area contributed by atoms with Gasteiger partial charge in [0.2, 0.25) is 0 Å². The molecule has 1 atom stereocenters. The van der Waals surface area contributed by atoms with E-state index >= 15 is 0 Å². The molecule has 0 saturated carbocycles. The average molecular weight is 250 g/mol. The molecular weight excluding hydrogens is 228 g/mol. The van der Waals surface area contributed by atoms with Crippen molar-refractivity contribution in [3.05, 3.63) is 29.8 Å². The molecule has 1 aromatic rings. The summed E-state index contributed by atoms with van der Waals surface area (Å²) in [6.07, 6.45) is 0.00985. The van der Waals surface area contributed by atoms with Crippen LogP contribution in [0.2, 0.25) is 0 Å². The highest BCUT2D eigenvalue weighted by atomic mass is 16.7. The first-order valence-electron chi connectivity index (χ1n) is 6.32. The lowest BCUT2D eigenvalue weighted by Gasteiger charge is -2.19. The van der Waals surface area contributed by atoms with Gasteiger partial charge in [-0.05, 0) is 36.5 Å². The Bertz CT molecular complexity index is 404. The van der Waals surface area contributed by atoms with Crippen LogP contribution in [0.3, 0.4) is 0 Å². The molecule has 1 aromatic carbocycles. The smallest absolute Gasteiger partial charge is 0.431 e. The molecular formula is C15H22O3. The Hall–Kier alpha value is -1.51. The second-order valence-corrected chi connectivity index (χ2v) is 5.47. The molecule has 1 unspecified atom stereocenters. The minimum atomic E-state index is -0.643. The van der Waals surface area contributed by atoms with E-state index in [9.17, 15) is 4.79 Å². The predicted molar refractivity (Wildman–Crippen MR) is 72.0 cm³/mol. The van der Waals surface area contributed by atoms with Gasteiger partial charge in [-0.25, -0.2) is 4.79 Å². The molecule has 0 heterocycles. The van der Waals surface area contributed by atoms with E-state index in [4.69, 9.17) is 9.47 Å². The zero-order valence-electron chi connectivity index (χ0n) is 11.8. The maximum atomic E-state index is 11.5. The van der Waals surface area contributed by atoms with E-state index in [0.29, 0.717) is 5.75 Å². The van der Waals surface area contributed by atoms with Crippen LogP contribution in [0.15, 0.2) is 24.3 Å². The van der Waals surface area contributed by atoms with Crippen molar-refractivity contribution < 1.29 is 14.3 Å². The minimum Gasteiger partial charge on any atom is -0.431 e. The van der Waals surface area contributed by atoms with Crippen molar-refractivity contribution in [2.75, 3.05) is 0 Å². The minimum absolute atomic E-state index is 0.0278. The maximum Gasteiger partial charge on any atom is 0.514 e. The third kappa shape index (κ3) is 4.40. The Morgan fingerprint density at radius 2 is 2.00 bits per heavy atom. The van der Waals surface area contributed by atoms with Crippen molar-refractivity contribution in [1.82, 2.24) is 0 Å². The molecule has 100 valence electrons. The van der Waals surface area contributed by atoms with Crippen LogP contribution in [0.1, 0.15) is 46.6 Å². The van der Waals surface area contributed by atoms with Gasteiger partial charge in [-0.3, -0.25) is 0 Å². The number of carbonyl (C=O) groups is 1. The first kappa shape index (κ1) is 14.6. The molecule has 0 aliphatic carbocycles. The summed E-state index contributed by atoms with van der Waals surface area (Å²) in [6, 6.07) is 7.53. The quantitative estimate of drug-likeness (QED) is 0.592. The molecule has 0 aliphatic heterocycles. The van der Waals surface area contributed by atoms with Gasteiger partial charge in [-0.2, -0.15) is 0 Å². The highest BCUT2D eigenvalue weighted by Crippen LogP contribution is 2.25. The number of hydrogen-bond acceptors (Lipinski definition) is 3. The zero-order chi connectivity index (χ0) is 13.8. The molecule has 3 nitrogen and oxygen atoms in total. The van der Waals surface area contributed by atoms with E-state index in [1.54, 1.807) is 6.07 Å². The number of carbonyl (C=O) groups excluding carboxylic acids is 1. The van der Waals surface area contributed by atoms with Gasteiger partial charge in [0, 0.05) is 0 Å². The van der Waals surface area contributed by atoms with Gasteiger partial charge < -0.3 is 9.47 Å². The fourth-order valence-corrected chi connectivity index (χ4v) is 1.39. The molecule has 0 aromatic heterocycles. The first-order valence-corrected chi connectivity index (χ1v) is 6.32. The van der Waals surface area contributed by atoms with Gasteiger partial charge in [-0.15, -0.1) is 0 Å². The SMILES string of the molecule is CCC(C)OC(=O)Oc1cccc(C(C)(C)C)c1. The lowest BCUT2D eigenvalue weighted by atomic mass is 9.87. The van der Waals surface area contributed by atoms with Crippen molar-refractivity contribution in [3.63, 3.8) is 0 Å². The molecule has 0 aliphatic rings. The molecule has 0 radical (unpaired) electrons. The van der Waals surface area contributed by atoms with Crippen LogP contribution in [-0.2, 0) is 10.2 Å². The van der Waals surface area contributed by atoms with Crippen LogP contribution >= 0.6 is 0 Å². The third-order valence-corrected chi connectivity index (χ3v) is 2.77. The van der Waals surface area contributed by atoms with Gasteiger partial charge in [0.1, 0.15) is 11.9 Å². The Morgan fingerprint density at radius 1 is 1.33 bits per heavy atom. The highest BCUT2D eigenvalue weighted by Gasteiger charge is 2.15. The molecule has 0 bridgehead atoms. The molecule has 18 heavy (non-hydrogen) atoms. The van der Waals surface area contributed by atoms with Crippen LogP contribution in [0.4, 0.5) is 4.79 Å². The molecule has 0 saturated heterocycles. The third-order valence-electron chi connectivity index (χ3n) is 2.77. The van der Waals surface area contributed by atoms with Crippen LogP contribution < -0.4 is 4.74 Å². The summed E-state index contributed by atoms with van der Waals surface area (Å²) in [5.74, 6) is 0.524. The fourth-order valence-electron chi connectivity index (χ4n) is 1.39. The molecule has 0 spiro atoms. The summed E-state index contributed by atoms with van der Waals surface area (Å²) in [7, 11) is 0. The summed E-state index contributed by atoms with van der Waals surface area (Å²) in [5, 5.41) is 0. The van der Waals surface area contributed by atoms with E-state index in [2.05, 4.69) is 20.8 Å². The number of ether oxygens (including phenoxy) is 2. The Morgan fingerprint density at radius 3 is 2.56 bits per heavy atom. The summed E-state index contributed by atoms with van der Waals surface area (Å²) in [6.45, 7) is 10.1. The normalized spacial score (nSPS) is 12.9. The van der Waals surface area contributed by atoms with Gasteiger partial charge in [0.25, 0.3) is 0 Å². The van der Waals surface area contributed by atoms with Gasteiger partial charge in [0.05, 0.1) is 0 Å². The fraction of sp³-hybridized carbons (Fsp3) is 0.533. The standard InChI is InChI=1S/C15H22O3/c1-6-11(2)17-14(16)18-13-9-7-8-12(10-13)15(3,4)5/h7-11H,6H2,1-5H3. The Kier molecular flexibility index (Phi) is 4.76. The monoisotopic (exact) mass is 250 g/mol. The molecule has 1 rings (SSSR count). The first-order chi connectivity index (χ1) is 8.32. The summed E-state index contributed by atoms with van der Waals surface area (Å²) < 4.78 is 10.2. The highest BCUT2D eigenvalue weighted by molar-refractivity contribution is 5.64. The predicted octanol–water partition coefficient (Wildman–Crippen LogP) is 4.30. The second-order valence-electron chi connectivity index (χ2n) is 5.47. The topological polar surface area (TPSA) is 35.5 Å². The van der Waals surface area contributed by atoms with Crippen LogP contribution in [0.5, 0.6) is 5.75 Å². The van der Waals surface area contributed by atoms with E-state index in [1.165, 1.54) is 0 Å². The zero-order valence-corrected chi connectivity index (χ0v) is 11.8. The molecule has 3 heteroatoms. The van der Waals surface area contributed by atoms with Crippen molar-refractivity contribution in [2.45, 2.75) is 52.6 Å². The van der Waals surface area contributed by atoms with Gasteiger partial charge in [0.15, 0.2) is 0 Å². The van der Waals surface area contributed by atoms with Crippen LogP contribution in [0, 0.1) is 0 Å². The van der Waals surface area contributed by atoms with Crippen molar-refractivity contribution in [2.24, 2.45) is 0 Å². The molecule has 0 fully saturated rings. The Labute approximate surface area is 109 Å². The summed E-state index contributed by atoms with van der Waals surface area (Å²) in [5.41, 5.74) is 1.15. The number of rotatable bonds is 3. The van der Waals surface area contributed by atoms with E-state index in [-0.39, 0.29) is 11.5 Å². The summed E-state index contributed by atoms with van der Waals surface area (Å²) in [4.78, 5) is 11.5. The number of benzene rings is 1. The van der Waals surface area contributed by atoms with Crippen molar-refractivity contribution in [1.29, 1.82) is 0 Å². The maximum absolute atomic E-state index is 11.5. The van der Waals surface area contributed by atoms with Crippen molar-refractivity contribution >= 4 is 6.16 Å². The lowest BCUT2D eigenvalue weighted by molar-refractivity contribution is 0.0643. The average Bonchev–Trinajstić information content (AvgIpc) is 2.27. The van der Waals surface area contributed by atoms with Crippen LogP contribution in [-0.4, -0.2) is 12.3 Å². The van der Waals surface area contributed by atoms with Crippen molar-refractivity contribution in [3.8, 4) is 5.75 Å². The molecule has 0 amide bonds. The molecule has 0 N–H and O–H groups in total. The second kappa shape index (κ2) is 5.89. The largest absolute Gasteiger partial charge is 0.514 e. The van der Waals surface area contributed by atoms with Gasteiger partial charge in [-0.1, -0.05) is 39.8 Å². The van der Waals surface area contributed by atoms with Crippen LogP contribution in [0.25, 0.3) is 0 Å². The van der Waals surface area contributed by atoms with E-state index in [1.807, 2.05) is 32.0 Å².